The minimum Gasteiger partial charge on any atom is -0.340 e. The van der Waals surface area contributed by atoms with Crippen LogP contribution in [0.1, 0.15) is 12.8 Å². The number of rotatable bonds is 3. The summed E-state index contributed by atoms with van der Waals surface area (Å²) in [5, 5.41) is 7.36. The summed E-state index contributed by atoms with van der Waals surface area (Å²) in [6, 6.07) is 8.05. The molecule has 0 spiro atoms. The minimum absolute atomic E-state index is 0.648. The van der Waals surface area contributed by atoms with Gasteiger partial charge in [-0.15, -0.1) is 5.10 Å². The number of nitrogens with two attached hydrogens (primary N) is 1. The maximum absolute atomic E-state index is 5.72. The number of H-pyrrole nitrogens is 1. The van der Waals surface area contributed by atoms with Gasteiger partial charge in [0.25, 0.3) is 0 Å². The van der Waals surface area contributed by atoms with Crippen LogP contribution in [-0.2, 0) is 0 Å². The van der Waals surface area contributed by atoms with Gasteiger partial charge in [-0.3, -0.25) is 5.10 Å². The third kappa shape index (κ3) is 2.86. The Labute approximate surface area is 126 Å². The van der Waals surface area contributed by atoms with Gasteiger partial charge in [-0.25, -0.2) is 0 Å². The molecule has 0 unspecified atom stereocenters. The summed E-state index contributed by atoms with van der Waals surface area (Å²) in [5.41, 5.74) is 6.76. The maximum Gasteiger partial charge on any atom is 0.245 e. The van der Waals surface area contributed by atoms with Crippen molar-refractivity contribution in [2.45, 2.75) is 12.8 Å². The highest BCUT2D eigenvalue weighted by atomic mass is 79.9. The molecule has 6 heteroatoms. The Morgan fingerprint density at radius 1 is 1.35 bits per heavy atom. The molecule has 1 saturated heterocycles. The summed E-state index contributed by atoms with van der Waals surface area (Å²) in [6.45, 7) is 2.75. The van der Waals surface area contributed by atoms with Gasteiger partial charge in [0.15, 0.2) is 5.82 Å². The number of aromatic nitrogens is 3. The van der Waals surface area contributed by atoms with Crippen LogP contribution < -0.4 is 10.6 Å². The smallest absolute Gasteiger partial charge is 0.245 e. The lowest BCUT2D eigenvalue weighted by Crippen LogP contribution is -2.36. The van der Waals surface area contributed by atoms with E-state index in [4.69, 9.17) is 5.73 Å². The molecule has 20 heavy (non-hydrogen) atoms. The van der Waals surface area contributed by atoms with Gasteiger partial charge in [-0.1, -0.05) is 28.1 Å². The summed E-state index contributed by atoms with van der Waals surface area (Å²) in [6.07, 6.45) is 2.24. The Balaban J connectivity index is 1.74. The number of nitrogens with one attached hydrogen (secondary N) is 1. The zero-order valence-electron chi connectivity index (χ0n) is 11.2. The highest BCUT2D eigenvalue weighted by Gasteiger charge is 2.21. The van der Waals surface area contributed by atoms with Crippen LogP contribution in [0, 0.1) is 5.92 Å². The third-order valence-electron chi connectivity index (χ3n) is 3.80. The van der Waals surface area contributed by atoms with Crippen LogP contribution in [0.25, 0.3) is 11.4 Å². The van der Waals surface area contributed by atoms with E-state index in [0.29, 0.717) is 5.92 Å². The fourth-order valence-corrected chi connectivity index (χ4v) is 2.93. The number of aromatic amines is 1. The van der Waals surface area contributed by atoms with E-state index in [2.05, 4.69) is 36.0 Å². The van der Waals surface area contributed by atoms with Crippen molar-refractivity contribution in [2.75, 3.05) is 24.5 Å². The number of nitrogens with zero attached hydrogens (tertiary/aromatic N) is 3. The van der Waals surface area contributed by atoms with Crippen molar-refractivity contribution in [3.63, 3.8) is 0 Å². The molecule has 1 aliphatic heterocycles. The number of hydrogen-bond donors (Lipinski definition) is 2. The van der Waals surface area contributed by atoms with Crippen molar-refractivity contribution < 1.29 is 0 Å². The average Bonchev–Trinajstić information content (AvgIpc) is 2.97. The number of piperidine rings is 1. The van der Waals surface area contributed by atoms with Crippen molar-refractivity contribution in [1.29, 1.82) is 0 Å². The molecule has 1 aromatic carbocycles. The molecule has 0 aliphatic carbocycles. The van der Waals surface area contributed by atoms with Gasteiger partial charge in [0, 0.05) is 23.1 Å². The van der Waals surface area contributed by atoms with E-state index in [1.165, 1.54) is 0 Å². The molecular weight excluding hydrogens is 318 g/mol. The van der Waals surface area contributed by atoms with Gasteiger partial charge in [-0.05, 0) is 37.4 Å². The van der Waals surface area contributed by atoms with Gasteiger partial charge in [0.2, 0.25) is 5.95 Å². The summed E-state index contributed by atoms with van der Waals surface area (Å²) >= 11 is 3.47. The molecule has 1 aromatic heterocycles. The highest BCUT2D eigenvalue weighted by molar-refractivity contribution is 9.10. The molecule has 5 nitrogen and oxygen atoms in total. The van der Waals surface area contributed by atoms with E-state index in [1.807, 2.05) is 24.3 Å². The summed E-state index contributed by atoms with van der Waals surface area (Å²) < 4.78 is 1.04. The van der Waals surface area contributed by atoms with E-state index in [9.17, 15) is 0 Å². The fraction of sp³-hybridized carbons (Fsp3) is 0.429. The summed E-state index contributed by atoms with van der Waals surface area (Å²) in [7, 11) is 0. The normalized spacial score (nSPS) is 16.6. The first-order valence-corrected chi connectivity index (χ1v) is 7.69. The van der Waals surface area contributed by atoms with Crippen LogP contribution >= 0.6 is 15.9 Å². The molecule has 3 N–H and O–H groups in total. The van der Waals surface area contributed by atoms with Crippen LogP contribution in [-0.4, -0.2) is 34.8 Å². The van der Waals surface area contributed by atoms with Crippen LogP contribution in [0.15, 0.2) is 28.7 Å². The second-order valence-electron chi connectivity index (χ2n) is 5.16. The Morgan fingerprint density at radius 3 is 2.85 bits per heavy atom. The number of anilines is 1. The van der Waals surface area contributed by atoms with E-state index in [1.54, 1.807) is 0 Å². The molecule has 1 fully saturated rings. The van der Waals surface area contributed by atoms with Crippen molar-refractivity contribution in [3.8, 4) is 11.4 Å². The van der Waals surface area contributed by atoms with Crippen molar-refractivity contribution in [1.82, 2.24) is 15.2 Å². The Hall–Kier alpha value is -1.40. The average molecular weight is 336 g/mol. The van der Waals surface area contributed by atoms with Crippen molar-refractivity contribution >= 4 is 21.9 Å². The van der Waals surface area contributed by atoms with E-state index < -0.39 is 0 Å². The lowest BCUT2D eigenvalue weighted by Gasteiger charge is -2.30. The summed E-state index contributed by atoms with van der Waals surface area (Å²) in [4.78, 5) is 6.83. The molecule has 0 saturated carbocycles. The topological polar surface area (TPSA) is 70.8 Å². The van der Waals surface area contributed by atoms with Crippen LogP contribution in [0.5, 0.6) is 0 Å². The molecule has 3 rings (SSSR count). The zero-order chi connectivity index (χ0) is 13.9. The molecule has 2 aromatic rings. The van der Waals surface area contributed by atoms with E-state index >= 15 is 0 Å². The highest BCUT2D eigenvalue weighted by Crippen LogP contribution is 2.24. The monoisotopic (exact) mass is 335 g/mol. The van der Waals surface area contributed by atoms with Gasteiger partial charge in [0.05, 0.1) is 0 Å². The number of halogens is 1. The molecule has 2 heterocycles. The van der Waals surface area contributed by atoms with Gasteiger partial charge in [0.1, 0.15) is 0 Å². The number of benzene rings is 1. The first-order valence-electron chi connectivity index (χ1n) is 6.89. The standard InChI is InChI=1S/C14H18BrN5/c15-12-3-1-2-11(8-12)13-17-14(19-18-13)20-6-4-10(9-16)5-7-20/h1-3,8,10H,4-7,9,16H2,(H,17,18,19). The fourth-order valence-electron chi connectivity index (χ4n) is 2.53. The molecule has 0 atom stereocenters. The Bertz CT molecular complexity index is 574. The Kier molecular flexibility index (Phi) is 4.03. The third-order valence-corrected chi connectivity index (χ3v) is 4.30. The second kappa shape index (κ2) is 5.93. The SMILES string of the molecule is NCC1CCN(c2n[nH]c(-c3cccc(Br)c3)n2)CC1. The summed E-state index contributed by atoms with van der Waals surface area (Å²) in [5.74, 6) is 2.24. The molecular formula is C14H18BrN5. The van der Waals surface area contributed by atoms with Crippen molar-refractivity contribution in [3.05, 3.63) is 28.7 Å². The quantitative estimate of drug-likeness (QED) is 0.903. The minimum atomic E-state index is 0.648. The van der Waals surface area contributed by atoms with Crippen LogP contribution in [0.4, 0.5) is 5.95 Å². The number of hydrogen-bond acceptors (Lipinski definition) is 4. The molecule has 106 valence electrons. The van der Waals surface area contributed by atoms with Gasteiger partial charge >= 0.3 is 0 Å². The van der Waals surface area contributed by atoms with E-state index in [0.717, 1.165) is 54.3 Å². The predicted octanol–water partition coefficient (Wildman–Crippen LogP) is 2.41. The molecule has 0 bridgehead atoms. The molecule has 1 aliphatic rings. The first kappa shape index (κ1) is 13.6. The maximum atomic E-state index is 5.72. The van der Waals surface area contributed by atoms with Crippen LogP contribution in [0.2, 0.25) is 0 Å². The van der Waals surface area contributed by atoms with Gasteiger partial charge < -0.3 is 10.6 Å². The van der Waals surface area contributed by atoms with Crippen LogP contribution in [0.3, 0.4) is 0 Å². The largest absolute Gasteiger partial charge is 0.340 e. The second-order valence-corrected chi connectivity index (χ2v) is 6.08. The lowest BCUT2D eigenvalue weighted by atomic mass is 9.97. The molecule has 0 radical (unpaired) electrons. The lowest BCUT2D eigenvalue weighted by molar-refractivity contribution is 0.411. The van der Waals surface area contributed by atoms with Crippen molar-refractivity contribution in [2.24, 2.45) is 11.7 Å². The molecule has 0 amide bonds. The van der Waals surface area contributed by atoms with E-state index in [-0.39, 0.29) is 0 Å². The Morgan fingerprint density at radius 2 is 2.15 bits per heavy atom. The zero-order valence-corrected chi connectivity index (χ0v) is 12.8. The van der Waals surface area contributed by atoms with Gasteiger partial charge in [-0.2, -0.15) is 4.98 Å². The first-order chi connectivity index (χ1) is 9.76. The predicted molar refractivity (Wildman–Crippen MR) is 83.5 cm³/mol.